The molecule has 10 heteroatoms. The maximum Gasteiger partial charge on any atom is 0.270 e. The van der Waals surface area contributed by atoms with E-state index in [9.17, 15) is 9.59 Å². The number of halogens is 2. The minimum absolute atomic E-state index is 0.0269. The van der Waals surface area contributed by atoms with Crippen LogP contribution in [0.2, 0.25) is 5.02 Å². The first kappa shape index (κ1) is 24.4. The fourth-order valence-corrected chi connectivity index (χ4v) is 5.04. The number of hydrazine groups is 1. The molecule has 0 saturated carbocycles. The van der Waals surface area contributed by atoms with Gasteiger partial charge in [0, 0.05) is 36.7 Å². The monoisotopic (exact) mass is 504 g/mol. The van der Waals surface area contributed by atoms with Crippen LogP contribution in [-0.4, -0.2) is 59.1 Å². The topological polar surface area (TPSA) is 93.9 Å². The molecule has 3 heterocycles. The third-order valence-electron chi connectivity index (χ3n) is 6.29. The van der Waals surface area contributed by atoms with Crippen molar-refractivity contribution >= 4 is 46.4 Å². The zero-order valence-electron chi connectivity index (χ0n) is 19.1. The van der Waals surface area contributed by atoms with E-state index in [2.05, 4.69) is 15.5 Å². The Morgan fingerprint density at radius 3 is 2.91 bits per heavy atom. The maximum atomic E-state index is 13.3. The summed E-state index contributed by atoms with van der Waals surface area (Å²) in [6.07, 6.45) is 10.5. The molecule has 34 heavy (non-hydrogen) atoms. The number of amides is 2. The van der Waals surface area contributed by atoms with Gasteiger partial charge in [-0.25, -0.2) is 10.9 Å². The fraction of sp³-hybridized carbons (Fsp3) is 0.417. The van der Waals surface area contributed by atoms with Gasteiger partial charge in [0.15, 0.2) is 6.29 Å². The molecule has 3 atom stereocenters. The number of rotatable bonds is 5. The number of dihydropyridines is 1. The number of hydrogen-bond acceptors (Lipinski definition) is 6. The number of nitrogens with one attached hydrogen (secondary N) is 2. The number of hydrogen-bond donors (Lipinski definition) is 3. The van der Waals surface area contributed by atoms with Gasteiger partial charge in [-0.3, -0.25) is 9.59 Å². The lowest BCUT2D eigenvalue weighted by atomic mass is 10.1. The minimum atomic E-state index is -0.652. The third kappa shape index (κ3) is 5.04. The lowest BCUT2D eigenvalue weighted by Gasteiger charge is -2.39. The number of anilines is 2. The number of alkyl halides is 1. The highest BCUT2D eigenvalue weighted by atomic mass is 35.5. The van der Waals surface area contributed by atoms with Crippen molar-refractivity contribution in [2.45, 2.75) is 44.6 Å². The highest BCUT2D eigenvalue weighted by Crippen LogP contribution is 2.43. The summed E-state index contributed by atoms with van der Waals surface area (Å²) in [5.74, 6) is 6.37. The molecule has 1 aromatic rings. The van der Waals surface area contributed by atoms with E-state index < -0.39 is 6.29 Å². The van der Waals surface area contributed by atoms with Crippen LogP contribution in [0, 0.1) is 0 Å². The molecule has 4 N–H and O–H groups in total. The summed E-state index contributed by atoms with van der Waals surface area (Å²) in [4.78, 5) is 30.0. The van der Waals surface area contributed by atoms with Gasteiger partial charge in [0.25, 0.3) is 5.91 Å². The van der Waals surface area contributed by atoms with Crippen LogP contribution in [0.1, 0.15) is 26.2 Å². The van der Waals surface area contributed by atoms with Crippen LogP contribution >= 0.6 is 23.2 Å². The van der Waals surface area contributed by atoms with Crippen molar-refractivity contribution in [3.05, 3.63) is 59.3 Å². The van der Waals surface area contributed by atoms with Crippen LogP contribution < -0.4 is 21.4 Å². The lowest BCUT2D eigenvalue weighted by molar-refractivity contribution is -0.129. The van der Waals surface area contributed by atoms with E-state index in [1.165, 1.54) is 11.1 Å². The van der Waals surface area contributed by atoms with Crippen molar-refractivity contribution in [1.29, 1.82) is 0 Å². The summed E-state index contributed by atoms with van der Waals surface area (Å²) in [6, 6.07) is 5.53. The predicted molar refractivity (Wildman–Crippen MR) is 136 cm³/mol. The Bertz CT molecular complexity index is 1030. The summed E-state index contributed by atoms with van der Waals surface area (Å²) >= 11 is 12.4. The minimum Gasteiger partial charge on any atom is -0.385 e. The number of likely N-dealkylation sites (tertiary alicyclic amines) is 1. The van der Waals surface area contributed by atoms with Crippen LogP contribution in [0.4, 0.5) is 11.4 Å². The highest BCUT2D eigenvalue weighted by Gasteiger charge is 2.41. The summed E-state index contributed by atoms with van der Waals surface area (Å²) in [6.45, 7) is 3.11. The SMILES string of the molecule is CC1C=C(C(=O)N(N)C2Nc3cccc(Cl)c3N2[C@@H]2CCCCN(C(=O)/C=C/CCl)C2)C=CN1. The molecule has 3 aliphatic rings. The van der Waals surface area contributed by atoms with Gasteiger partial charge in [0.05, 0.1) is 22.4 Å². The molecular formula is C24H30Cl2N6O2. The van der Waals surface area contributed by atoms with Gasteiger partial charge in [-0.05, 0) is 56.7 Å². The lowest BCUT2D eigenvalue weighted by Crippen LogP contribution is -2.60. The molecule has 1 fully saturated rings. The second-order valence-electron chi connectivity index (χ2n) is 8.67. The smallest absolute Gasteiger partial charge is 0.270 e. The Labute approximate surface area is 210 Å². The van der Waals surface area contributed by atoms with Gasteiger partial charge in [-0.1, -0.05) is 23.7 Å². The van der Waals surface area contributed by atoms with Crippen LogP contribution in [0.15, 0.2) is 54.3 Å². The Kier molecular flexibility index (Phi) is 7.70. The first-order chi connectivity index (χ1) is 16.4. The molecule has 0 spiro atoms. The zero-order chi connectivity index (χ0) is 24.2. The quantitative estimate of drug-likeness (QED) is 0.187. The van der Waals surface area contributed by atoms with Crippen molar-refractivity contribution < 1.29 is 9.59 Å². The second kappa shape index (κ2) is 10.7. The van der Waals surface area contributed by atoms with Crippen molar-refractivity contribution in [1.82, 2.24) is 15.2 Å². The average molecular weight is 505 g/mol. The normalized spacial score (nSPS) is 24.2. The molecule has 0 aromatic heterocycles. The Hall–Kier alpha value is -2.68. The molecule has 2 unspecified atom stereocenters. The molecule has 0 aliphatic carbocycles. The van der Waals surface area contributed by atoms with E-state index in [1.54, 1.807) is 18.4 Å². The Balaban J connectivity index is 1.65. The molecule has 4 rings (SSSR count). The molecule has 182 valence electrons. The first-order valence-electron chi connectivity index (χ1n) is 11.5. The van der Waals surface area contributed by atoms with E-state index in [-0.39, 0.29) is 29.8 Å². The van der Waals surface area contributed by atoms with Gasteiger partial charge in [0.2, 0.25) is 5.91 Å². The van der Waals surface area contributed by atoms with Gasteiger partial charge in [-0.15, -0.1) is 11.6 Å². The standard InChI is InChI=1S/C24H30Cl2N6O2/c1-16-14-17(10-12-28-16)23(34)32(27)24-29-20-8-4-7-19(26)22(20)31(24)18-6-2-3-13-30(15-18)21(33)9-5-11-25/h4-5,7-10,12,14,16,18,24,28-29H,2-3,6,11,13,15,27H2,1H3/b9-5+/t16?,18-,24?/m1/s1. The third-order valence-corrected chi connectivity index (χ3v) is 6.77. The zero-order valence-corrected chi connectivity index (χ0v) is 20.6. The van der Waals surface area contributed by atoms with Crippen molar-refractivity contribution in [2.75, 3.05) is 29.2 Å². The first-order valence-corrected chi connectivity index (χ1v) is 12.4. The largest absolute Gasteiger partial charge is 0.385 e. The van der Waals surface area contributed by atoms with Crippen LogP contribution in [0.5, 0.6) is 0 Å². The number of carbonyl (C=O) groups excluding carboxylic acids is 2. The maximum absolute atomic E-state index is 13.3. The van der Waals surface area contributed by atoms with Crippen molar-refractivity contribution in [3.63, 3.8) is 0 Å². The average Bonchev–Trinajstić information content (AvgIpc) is 3.06. The van der Waals surface area contributed by atoms with Crippen LogP contribution in [0.3, 0.4) is 0 Å². The highest BCUT2D eigenvalue weighted by molar-refractivity contribution is 6.34. The molecular weight excluding hydrogens is 475 g/mol. The second-order valence-corrected chi connectivity index (χ2v) is 9.39. The fourth-order valence-electron chi connectivity index (χ4n) is 4.67. The number of carbonyl (C=O) groups is 2. The van der Waals surface area contributed by atoms with E-state index in [0.717, 1.165) is 30.6 Å². The molecule has 1 saturated heterocycles. The number of nitrogens with zero attached hydrogens (tertiary/aromatic N) is 3. The number of allylic oxidation sites excluding steroid dienone is 1. The van der Waals surface area contributed by atoms with Gasteiger partial charge < -0.3 is 20.4 Å². The molecule has 0 radical (unpaired) electrons. The molecule has 8 nitrogen and oxygen atoms in total. The summed E-state index contributed by atoms with van der Waals surface area (Å²) in [7, 11) is 0. The summed E-state index contributed by atoms with van der Waals surface area (Å²) < 4.78 is 0. The molecule has 1 aromatic carbocycles. The number of benzene rings is 1. The van der Waals surface area contributed by atoms with Gasteiger partial charge >= 0.3 is 0 Å². The Morgan fingerprint density at radius 2 is 2.15 bits per heavy atom. The molecule has 2 amide bonds. The van der Waals surface area contributed by atoms with Crippen LogP contribution in [-0.2, 0) is 9.59 Å². The van der Waals surface area contributed by atoms with Crippen LogP contribution in [0.25, 0.3) is 0 Å². The van der Waals surface area contributed by atoms with E-state index >= 15 is 0 Å². The number of para-hydroxylation sites is 1. The molecule has 0 bridgehead atoms. The van der Waals surface area contributed by atoms with E-state index in [0.29, 0.717) is 23.7 Å². The van der Waals surface area contributed by atoms with Crippen molar-refractivity contribution in [3.8, 4) is 0 Å². The predicted octanol–water partition coefficient (Wildman–Crippen LogP) is 3.17. The number of nitrogens with two attached hydrogens (primary N) is 1. The summed E-state index contributed by atoms with van der Waals surface area (Å²) in [5.41, 5.74) is 2.10. The van der Waals surface area contributed by atoms with Crippen molar-refractivity contribution in [2.24, 2.45) is 5.84 Å². The summed E-state index contributed by atoms with van der Waals surface area (Å²) in [5, 5.41) is 8.28. The molecule has 3 aliphatic heterocycles. The van der Waals surface area contributed by atoms with Gasteiger partial charge in [-0.2, -0.15) is 0 Å². The Morgan fingerprint density at radius 1 is 1.32 bits per heavy atom. The van der Waals surface area contributed by atoms with E-state index in [1.807, 2.05) is 36.1 Å². The van der Waals surface area contributed by atoms with Gasteiger partial charge in [0.1, 0.15) is 0 Å². The number of fused-ring (bicyclic) bond motifs is 1. The van der Waals surface area contributed by atoms with E-state index in [4.69, 9.17) is 29.0 Å².